The summed E-state index contributed by atoms with van der Waals surface area (Å²) in [5.41, 5.74) is 2.76. The average Bonchev–Trinajstić information content (AvgIpc) is 3.10. The van der Waals surface area contributed by atoms with Gasteiger partial charge in [0.1, 0.15) is 5.01 Å². The smallest absolute Gasteiger partial charge is 0.247 e. The van der Waals surface area contributed by atoms with Crippen LogP contribution in [0.3, 0.4) is 0 Å². The number of para-hydroxylation sites is 1. The number of hydrazone groups is 1. The molecule has 1 aromatic carbocycles. The van der Waals surface area contributed by atoms with Gasteiger partial charge in [-0.15, -0.1) is 10.2 Å². The minimum Gasteiger partial charge on any atom is -0.504 e. The summed E-state index contributed by atoms with van der Waals surface area (Å²) in [6.45, 7) is 2.07. The van der Waals surface area contributed by atoms with Crippen molar-refractivity contribution in [3.05, 3.63) is 28.8 Å². The number of anilines is 1. The molecule has 2 amide bonds. The second-order valence-electron chi connectivity index (χ2n) is 5.87. The van der Waals surface area contributed by atoms with E-state index in [-0.39, 0.29) is 18.1 Å². The maximum absolute atomic E-state index is 12.0. The number of unbranched alkanes of at least 4 members (excludes halogenated alkanes) is 2. The van der Waals surface area contributed by atoms with Crippen LogP contribution in [-0.4, -0.2) is 40.4 Å². The molecule has 0 spiro atoms. The zero-order valence-corrected chi connectivity index (χ0v) is 16.6. The van der Waals surface area contributed by atoms with E-state index in [9.17, 15) is 14.7 Å². The van der Waals surface area contributed by atoms with Crippen molar-refractivity contribution >= 4 is 34.5 Å². The highest BCUT2D eigenvalue weighted by Gasteiger charge is 2.11. The molecule has 0 unspecified atom stereocenters. The molecule has 2 rings (SSSR count). The van der Waals surface area contributed by atoms with Gasteiger partial charge in [-0.1, -0.05) is 37.2 Å². The lowest BCUT2D eigenvalue weighted by Gasteiger charge is -2.04. The number of nitrogens with zero attached hydrogens (tertiary/aromatic N) is 3. The molecule has 0 bridgehead atoms. The van der Waals surface area contributed by atoms with Crippen molar-refractivity contribution in [1.82, 2.24) is 15.6 Å². The largest absolute Gasteiger partial charge is 0.504 e. The first-order chi connectivity index (χ1) is 13.5. The van der Waals surface area contributed by atoms with Crippen LogP contribution in [0.2, 0.25) is 0 Å². The Labute approximate surface area is 166 Å². The van der Waals surface area contributed by atoms with Gasteiger partial charge < -0.3 is 15.2 Å². The summed E-state index contributed by atoms with van der Waals surface area (Å²) in [6.07, 6.45) is 4.61. The lowest BCUT2D eigenvalue weighted by atomic mass is 10.2. The predicted molar refractivity (Wildman–Crippen MR) is 107 cm³/mol. The van der Waals surface area contributed by atoms with Crippen LogP contribution in [0, 0.1) is 0 Å². The number of amides is 2. The van der Waals surface area contributed by atoms with Gasteiger partial charge in [-0.3, -0.25) is 9.59 Å². The van der Waals surface area contributed by atoms with E-state index in [1.165, 1.54) is 13.3 Å². The van der Waals surface area contributed by atoms with Gasteiger partial charge in [-0.2, -0.15) is 5.10 Å². The molecular weight excluding hydrogens is 382 g/mol. The number of phenols is 1. The predicted octanol–water partition coefficient (Wildman–Crippen LogP) is 2.46. The molecular formula is C18H23N5O4S. The topological polar surface area (TPSA) is 126 Å². The zero-order chi connectivity index (χ0) is 20.4. The van der Waals surface area contributed by atoms with E-state index in [2.05, 4.69) is 33.0 Å². The lowest BCUT2D eigenvalue weighted by molar-refractivity contribution is -0.120. The van der Waals surface area contributed by atoms with Crippen LogP contribution in [0.15, 0.2) is 23.3 Å². The highest BCUT2D eigenvalue weighted by atomic mass is 32.1. The van der Waals surface area contributed by atoms with Crippen LogP contribution in [0.25, 0.3) is 0 Å². The molecule has 28 heavy (non-hydrogen) atoms. The number of aromatic hydroxyl groups is 1. The molecule has 10 heteroatoms. The first-order valence-corrected chi connectivity index (χ1v) is 9.65. The number of hydrogen-bond donors (Lipinski definition) is 3. The molecule has 1 heterocycles. The highest BCUT2D eigenvalue weighted by Crippen LogP contribution is 2.27. The molecule has 0 saturated carbocycles. The van der Waals surface area contributed by atoms with Gasteiger partial charge in [0.15, 0.2) is 11.5 Å². The fourth-order valence-electron chi connectivity index (χ4n) is 2.25. The Balaban J connectivity index is 1.82. The minimum atomic E-state index is -0.393. The van der Waals surface area contributed by atoms with Gasteiger partial charge in [-0.05, 0) is 18.6 Å². The standard InChI is InChI=1S/C18H23N5O4S/c1-3-4-5-9-14(24)20-18-23-22-16(28-18)10-15(25)21-19-11-12-7-6-8-13(27-2)17(12)26/h6-8,11,26H,3-5,9-10H2,1-2H3,(H,21,25)(H,20,23,24)/b19-11-. The summed E-state index contributed by atoms with van der Waals surface area (Å²) in [6, 6.07) is 4.94. The van der Waals surface area contributed by atoms with Crippen LogP contribution in [0.5, 0.6) is 11.5 Å². The molecule has 2 aromatic rings. The highest BCUT2D eigenvalue weighted by molar-refractivity contribution is 7.15. The Bertz CT molecular complexity index is 837. The normalized spacial score (nSPS) is 10.8. The van der Waals surface area contributed by atoms with E-state index in [1.807, 2.05) is 0 Å². The number of phenolic OH excluding ortho intramolecular Hbond substituents is 1. The summed E-state index contributed by atoms with van der Waals surface area (Å²) < 4.78 is 5.01. The molecule has 1 aromatic heterocycles. The molecule has 0 aliphatic rings. The average molecular weight is 405 g/mol. The van der Waals surface area contributed by atoms with Crippen molar-refractivity contribution in [3.63, 3.8) is 0 Å². The summed E-state index contributed by atoms with van der Waals surface area (Å²) in [4.78, 5) is 23.7. The van der Waals surface area contributed by atoms with Crippen LogP contribution >= 0.6 is 11.3 Å². The molecule has 0 radical (unpaired) electrons. The number of methoxy groups -OCH3 is 1. The molecule has 0 aliphatic carbocycles. The van der Waals surface area contributed by atoms with Crippen molar-refractivity contribution < 1.29 is 19.4 Å². The van der Waals surface area contributed by atoms with Crippen molar-refractivity contribution in [2.45, 2.75) is 39.0 Å². The van der Waals surface area contributed by atoms with E-state index in [0.29, 0.717) is 27.9 Å². The van der Waals surface area contributed by atoms with Crippen LogP contribution in [-0.2, 0) is 16.0 Å². The second kappa shape index (κ2) is 11.0. The fourth-order valence-corrected chi connectivity index (χ4v) is 3.01. The molecule has 0 saturated heterocycles. The number of ether oxygens (including phenoxy) is 1. The molecule has 0 aliphatic heterocycles. The monoisotopic (exact) mass is 405 g/mol. The van der Waals surface area contributed by atoms with E-state index in [4.69, 9.17) is 4.74 Å². The maximum atomic E-state index is 12.0. The Morgan fingerprint density at radius 1 is 1.29 bits per heavy atom. The molecule has 9 nitrogen and oxygen atoms in total. The quantitative estimate of drug-likeness (QED) is 0.317. The van der Waals surface area contributed by atoms with Crippen molar-refractivity contribution in [2.24, 2.45) is 5.10 Å². The number of rotatable bonds is 10. The second-order valence-corrected chi connectivity index (χ2v) is 6.94. The molecule has 3 N–H and O–H groups in total. The summed E-state index contributed by atoms with van der Waals surface area (Å²) in [7, 11) is 1.45. The summed E-state index contributed by atoms with van der Waals surface area (Å²) in [5, 5.41) is 25.0. The third kappa shape index (κ3) is 6.62. The Morgan fingerprint density at radius 2 is 2.11 bits per heavy atom. The van der Waals surface area contributed by atoms with Gasteiger partial charge in [0.05, 0.1) is 19.7 Å². The number of benzene rings is 1. The number of nitrogens with one attached hydrogen (secondary N) is 2. The fraction of sp³-hybridized carbons (Fsp3) is 0.389. The number of carbonyl (C=O) groups excluding carboxylic acids is 2. The first-order valence-electron chi connectivity index (χ1n) is 8.83. The number of aromatic nitrogens is 2. The SMILES string of the molecule is CCCCCC(=O)Nc1nnc(CC(=O)N/N=C\c2cccc(OC)c2O)s1. The number of hydrogen-bond acceptors (Lipinski definition) is 8. The van der Waals surface area contributed by atoms with Gasteiger partial charge in [-0.25, -0.2) is 5.43 Å². The van der Waals surface area contributed by atoms with Crippen LogP contribution in [0.4, 0.5) is 5.13 Å². The van der Waals surface area contributed by atoms with E-state index < -0.39 is 5.91 Å². The van der Waals surface area contributed by atoms with Crippen molar-refractivity contribution in [2.75, 3.05) is 12.4 Å². The Morgan fingerprint density at radius 3 is 2.86 bits per heavy atom. The molecule has 0 atom stereocenters. The van der Waals surface area contributed by atoms with E-state index >= 15 is 0 Å². The number of carbonyl (C=O) groups is 2. The molecule has 0 fully saturated rings. The summed E-state index contributed by atoms with van der Waals surface area (Å²) >= 11 is 1.14. The van der Waals surface area contributed by atoms with Gasteiger partial charge in [0.25, 0.3) is 0 Å². The van der Waals surface area contributed by atoms with Crippen molar-refractivity contribution in [1.29, 1.82) is 0 Å². The van der Waals surface area contributed by atoms with Crippen molar-refractivity contribution in [3.8, 4) is 11.5 Å². The minimum absolute atomic E-state index is 0.0230. The van der Waals surface area contributed by atoms with Crippen LogP contribution in [0.1, 0.15) is 43.2 Å². The zero-order valence-electron chi connectivity index (χ0n) is 15.8. The van der Waals surface area contributed by atoms with Gasteiger partial charge in [0, 0.05) is 12.0 Å². The van der Waals surface area contributed by atoms with Gasteiger partial charge in [0.2, 0.25) is 16.9 Å². The Kier molecular flexibility index (Phi) is 8.35. The summed E-state index contributed by atoms with van der Waals surface area (Å²) in [5.74, 6) is -0.251. The first kappa shape index (κ1) is 21.3. The Hall–Kier alpha value is -3.01. The lowest BCUT2D eigenvalue weighted by Crippen LogP contribution is -2.19. The van der Waals surface area contributed by atoms with E-state index in [0.717, 1.165) is 30.6 Å². The molecule has 150 valence electrons. The van der Waals surface area contributed by atoms with Crippen LogP contribution < -0.4 is 15.5 Å². The maximum Gasteiger partial charge on any atom is 0.247 e. The van der Waals surface area contributed by atoms with Gasteiger partial charge >= 0.3 is 0 Å². The van der Waals surface area contributed by atoms with E-state index in [1.54, 1.807) is 18.2 Å². The third-order valence-corrected chi connectivity index (χ3v) is 4.51. The third-order valence-electron chi connectivity index (χ3n) is 3.68.